The number of oxazole rings is 1. The Kier molecular flexibility index (Phi) is 1.68. The first-order valence-corrected chi connectivity index (χ1v) is 4.49. The fourth-order valence-electron chi connectivity index (χ4n) is 1.17. The number of halogens is 1. The molecule has 1 aromatic heterocycles. The maximum Gasteiger partial charge on any atom is 0.192 e. The summed E-state index contributed by atoms with van der Waals surface area (Å²) in [4.78, 5) is 4.23. The van der Waals surface area contributed by atoms with Gasteiger partial charge in [0.1, 0.15) is 5.52 Å². The Balaban J connectivity index is 2.83. The molecule has 1 heterocycles. The number of fused-ring (bicyclic) bond motifs is 1. The standard InChI is InChI=1S/C9H8BrNO/c1-5-3-8-9(4-7(5)10)12-6(2)11-8/h3-4H,1-2H3. The van der Waals surface area contributed by atoms with Crippen LogP contribution >= 0.6 is 15.9 Å². The van der Waals surface area contributed by atoms with Crippen LogP contribution in [0, 0.1) is 13.8 Å². The van der Waals surface area contributed by atoms with Gasteiger partial charge in [-0.2, -0.15) is 0 Å². The van der Waals surface area contributed by atoms with Crippen molar-refractivity contribution in [2.24, 2.45) is 0 Å². The summed E-state index contributed by atoms with van der Waals surface area (Å²) in [7, 11) is 0. The molecule has 0 radical (unpaired) electrons. The minimum atomic E-state index is 0.711. The van der Waals surface area contributed by atoms with Gasteiger partial charge in [-0.1, -0.05) is 15.9 Å². The molecule has 0 bridgehead atoms. The number of hydrogen-bond donors (Lipinski definition) is 0. The first-order chi connectivity index (χ1) is 5.66. The minimum absolute atomic E-state index is 0.711. The fraction of sp³-hybridized carbons (Fsp3) is 0.222. The van der Waals surface area contributed by atoms with Crippen molar-refractivity contribution < 1.29 is 4.42 Å². The van der Waals surface area contributed by atoms with Crippen LogP contribution in [0.1, 0.15) is 11.5 Å². The van der Waals surface area contributed by atoms with Gasteiger partial charge in [0.25, 0.3) is 0 Å². The van der Waals surface area contributed by atoms with Crippen LogP contribution in [0.25, 0.3) is 11.1 Å². The van der Waals surface area contributed by atoms with Gasteiger partial charge < -0.3 is 4.42 Å². The first-order valence-electron chi connectivity index (χ1n) is 3.70. The average molecular weight is 226 g/mol. The Morgan fingerprint density at radius 1 is 1.33 bits per heavy atom. The molecule has 0 saturated heterocycles. The van der Waals surface area contributed by atoms with Gasteiger partial charge in [0.05, 0.1) is 0 Å². The minimum Gasteiger partial charge on any atom is -0.441 e. The lowest BCUT2D eigenvalue weighted by molar-refractivity contribution is 0.561. The molecule has 0 saturated carbocycles. The van der Waals surface area contributed by atoms with Crippen molar-refractivity contribution in [1.82, 2.24) is 4.98 Å². The van der Waals surface area contributed by atoms with Crippen molar-refractivity contribution >= 4 is 27.0 Å². The Morgan fingerprint density at radius 2 is 2.08 bits per heavy atom. The van der Waals surface area contributed by atoms with E-state index in [0.717, 1.165) is 15.6 Å². The molecule has 0 aliphatic carbocycles. The molecule has 2 rings (SSSR count). The first kappa shape index (κ1) is 7.80. The summed E-state index contributed by atoms with van der Waals surface area (Å²) in [5.74, 6) is 0.711. The van der Waals surface area contributed by atoms with Crippen LogP contribution in [0.4, 0.5) is 0 Å². The van der Waals surface area contributed by atoms with Crippen molar-refractivity contribution in [1.29, 1.82) is 0 Å². The lowest BCUT2D eigenvalue weighted by Crippen LogP contribution is -1.75. The summed E-state index contributed by atoms with van der Waals surface area (Å²) in [6, 6.07) is 3.96. The topological polar surface area (TPSA) is 26.0 Å². The van der Waals surface area contributed by atoms with Crippen LogP contribution in [0.15, 0.2) is 21.0 Å². The monoisotopic (exact) mass is 225 g/mol. The maximum absolute atomic E-state index is 5.36. The van der Waals surface area contributed by atoms with Gasteiger partial charge >= 0.3 is 0 Å². The van der Waals surface area contributed by atoms with Crippen LogP contribution in [-0.2, 0) is 0 Å². The third-order valence-electron chi connectivity index (χ3n) is 1.78. The summed E-state index contributed by atoms with van der Waals surface area (Å²) >= 11 is 3.44. The predicted molar refractivity (Wildman–Crippen MR) is 51.2 cm³/mol. The Labute approximate surface area is 78.7 Å². The normalized spacial score (nSPS) is 10.9. The molecule has 0 aliphatic heterocycles. The lowest BCUT2D eigenvalue weighted by atomic mass is 10.2. The van der Waals surface area contributed by atoms with E-state index in [1.165, 1.54) is 5.56 Å². The van der Waals surface area contributed by atoms with Gasteiger partial charge in [0.2, 0.25) is 0 Å². The van der Waals surface area contributed by atoms with Gasteiger partial charge in [-0.15, -0.1) is 0 Å². The van der Waals surface area contributed by atoms with E-state index in [1.54, 1.807) is 0 Å². The van der Waals surface area contributed by atoms with E-state index in [9.17, 15) is 0 Å². The van der Waals surface area contributed by atoms with Crippen molar-refractivity contribution in [3.05, 3.63) is 28.1 Å². The predicted octanol–water partition coefficient (Wildman–Crippen LogP) is 3.21. The number of benzene rings is 1. The van der Waals surface area contributed by atoms with Crippen LogP contribution in [0.3, 0.4) is 0 Å². The van der Waals surface area contributed by atoms with Crippen LogP contribution in [-0.4, -0.2) is 4.98 Å². The van der Waals surface area contributed by atoms with Crippen LogP contribution in [0.5, 0.6) is 0 Å². The molecule has 3 heteroatoms. The van der Waals surface area contributed by atoms with Crippen molar-refractivity contribution in [2.45, 2.75) is 13.8 Å². The van der Waals surface area contributed by atoms with E-state index < -0.39 is 0 Å². The van der Waals surface area contributed by atoms with E-state index in [2.05, 4.69) is 20.9 Å². The molecule has 0 aliphatic rings. The van der Waals surface area contributed by atoms with Gasteiger partial charge in [-0.3, -0.25) is 0 Å². The largest absolute Gasteiger partial charge is 0.441 e. The number of hydrogen-bond acceptors (Lipinski definition) is 2. The zero-order valence-electron chi connectivity index (χ0n) is 6.89. The van der Waals surface area contributed by atoms with Crippen molar-refractivity contribution in [2.75, 3.05) is 0 Å². The molecule has 0 atom stereocenters. The second kappa shape index (κ2) is 2.59. The SMILES string of the molecule is Cc1nc2cc(C)c(Br)cc2o1. The molecule has 2 aromatic rings. The summed E-state index contributed by atoms with van der Waals surface area (Å²) < 4.78 is 6.42. The molecule has 12 heavy (non-hydrogen) atoms. The van der Waals surface area contributed by atoms with E-state index in [4.69, 9.17) is 4.42 Å². The number of rotatable bonds is 0. The van der Waals surface area contributed by atoms with E-state index in [1.807, 2.05) is 26.0 Å². The summed E-state index contributed by atoms with van der Waals surface area (Å²) in [5.41, 5.74) is 2.94. The average Bonchev–Trinajstić information content (AvgIpc) is 2.30. The highest BCUT2D eigenvalue weighted by molar-refractivity contribution is 9.10. The molecule has 0 amide bonds. The quantitative estimate of drug-likeness (QED) is 0.689. The lowest BCUT2D eigenvalue weighted by Gasteiger charge is -1.94. The second-order valence-electron chi connectivity index (χ2n) is 2.80. The highest BCUT2D eigenvalue weighted by Gasteiger charge is 2.04. The molecule has 1 aromatic carbocycles. The molecule has 0 N–H and O–H groups in total. The molecule has 0 fully saturated rings. The molecule has 2 nitrogen and oxygen atoms in total. The van der Waals surface area contributed by atoms with Crippen molar-refractivity contribution in [3.8, 4) is 0 Å². The maximum atomic E-state index is 5.36. The molecule has 62 valence electrons. The van der Waals surface area contributed by atoms with Crippen molar-refractivity contribution in [3.63, 3.8) is 0 Å². The van der Waals surface area contributed by atoms with Gasteiger partial charge in [-0.05, 0) is 24.6 Å². The number of aromatic nitrogens is 1. The Bertz CT molecular complexity index is 394. The molecular weight excluding hydrogens is 218 g/mol. The third kappa shape index (κ3) is 1.14. The molecule has 0 unspecified atom stereocenters. The Morgan fingerprint density at radius 3 is 2.83 bits per heavy atom. The highest BCUT2D eigenvalue weighted by atomic mass is 79.9. The van der Waals surface area contributed by atoms with Gasteiger partial charge in [0.15, 0.2) is 11.5 Å². The zero-order valence-corrected chi connectivity index (χ0v) is 8.47. The summed E-state index contributed by atoms with van der Waals surface area (Å²) in [5, 5.41) is 0. The van der Waals surface area contributed by atoms with E-state index >= 15 is 0 Å². The fourth-order valence-corrected chi connectivity index (χ4v) is 1.49. The molecular formula is C9H8BrNO. The zero-order chi connectivity index (χ0) is 8.72. The van der Waals surface area contributed by atoms with Crippen LogP contribution in [0.2, 0.25) is 0 Å². The van der Waals surface area contributed by atoms with E-state index in [-0.39, 0.29) is 0 Å². The smallest absolute Gasteiger partial charge is 0.192 e. The number of nitrogens with zero attached hydrogens (tertiary/aromatic N) is 1. The van der Waals surface area contributed by atoms with Gasteiger partial charge in [-0.25, -0.2) is 4.98 Å². The summed E-state index contributed by atoms with van der Waals surface area (Å²) in [6.07, 6.45) is 0. The van der Waals surface area contributed by atoms with Crippen LogP contribution < -0.4 is 0 Å². The summed E-state index contributed by atoms with van der Waals surface area (Å²) in [6.45, 7) is 3.89. The van der Waals surface area contributed by atoms with Gasteiger partial charge in [0, 0.05) is 11.4 Å². The highest BCUT2D eigenvalue weighted by Crippen LogP contribution is 2.23. The van der Waals surface area contributed by atoms with E-state index in [0.29, 0.717) is 5.89 Å². The third-order valence-corrected chi connectivity index (χ3v) is 2.63. The second-order valence-corrected chi connectivity index (χ2v) is 3.66. The Hall–Kier alpha value is -0.830. The molecule has 0 spiro atoms. The number of aryl methyl sites for hydroxylation is 2.